The van der Waals surface area contributed by atoms with Gasteiger partial charge in [-0.05, 0) is 65.0 Å². The lowest BCUT2D eigenvalue weighted by atomic mass is 9.71. The predicted molar refractivity (Wildman–Crippen MR) is 125 cm³/mol. The first-order valence-corrected chi connectivity index (χ1v) is 10.3. The molecular formula is C28H28. The number of benzene rings is 5. The van der Waals surface area contributed by atoms with E-state index in [0.29, 0.717) is 0 Å². The largest absolute Gasteiger partial charge is 0.0610 e. The van der Waals surface area contributed by atoms with Gasteiger partial charge in [0, 0.05) is 0 Å². The average Bonchev–Trinajstić information content (AvgIpc) is 2.63. The van der Waals surface area contributed by atoms with Gasteiger partial charge >= 0.3 is 0 Å². The molecule has 0 fully saturated rings. The Morgan fingerprint density at radius 1 is 0.500 bits per heavy atom. The van der Waals surface area contributed by atoms with E-state index in [9.17, 15) is 0 Å². The Morgan fingerprint density at radius 2 is 1.04 bits per heavy atom. The molecule has 0 aliphatic rings. The first kappa shape index (κ1) is 17.5. The van der Waals surface area contributed by atoms with Crippen molar-refractivity contribution in [2.75, 3.05) is 0 Å². The smallest absolute Gasteiger partial charge is 0.00232 e. The number of hydrogen-bond donors (Lipinski definition) is 0. The zero-order valence-corrected chi connectivity index (χ0v) is 17.8. The zero-order valence-electron chi connectivity index (χ0n) is 17.8. The summed E-state index contributed by atoms with van der Waals surface area (Å²) in [4.78, 5) is 0. The first-order chi connectivity index (χ1) is 13.2. The van der Waals surface area contributed by atoms with Crippen LogP contribution in [0.3, 0.4) is 0 Å². The SMILES string of the molecule is CC(C)(C)c1cc2cccc3c4cccc5cccc(c(c1C(C)(C)C)c23)c54. The van der Waals surface area contributed by atoms with Crippen LogP contribution in [-0.4, -0.2) is 0 Å². The minimum atomic E-state index is 0.0632. The van der Waals surface area contributed by atoms with Crippen molar-refractivity contribution in [2.45, 2.75) is 52.4 Å². The van der Waals surface area contributed by atoms with Gasteiger partial charge in [0.1, 0.15) is 0 Å². The maximum Gasteiger partial charge on any atom is -0.00232 e. The van der Waals surface area contributed by atoms with Crippen molar-refractivity contribution in [1.29, 1.82) is 0 Å². The van der Waals surface area contributed by atoms with Gasteiger partial charge in [0.15, 0.2) is 0 Å². The monoisotopic (exact) mass is 364 g/mol. The van der Waals surface area contributed by atoms with Crippen LogP contribution in [0.25, 0.3) is 43.1 Å². The van der Waals surface area contributed by atoms with E-state index in [0.717, 1.165) is 0 Å². The normalized spacial score (nSPS) is 13.4. The van der Waals surface area contributed by atoms with Crippen LogP contribution < -0.4 is 0 Å². The van der Waals surface area contributed by atoms with Gasteiger partial charge < -0.3 is 0 Å². The quantitative estimate of drug-likeness (QED) is 0.191. The Kier molecular flexibility index (Phi) is 3.42. The second kappa shape index (κ2) is 5.47. The van der Waals surface area contributed by atoms with E-state index in [1.165, 1.54) is 54.2 Å². The molecule has 0 aliphatic carbocycles. The standard InChI is InChI=1S/C28H28/c1-27(2,3)22-16-18-12-9-14-20-19-13-7-10-17-11-8-15-21(23(17)19)25(24(18)20)26(22)28(4,5)6/h7-16H,1-6H3. The third-order valence-corrected chi connectivity index (χ3v) is 6.19. The molecule has 0 spiro atoms. The molecule has 0 atom stereocenters. The second-order valence-electron chi connectivity index (χ2n) is 10.3. The fourth-order valence-electron chi connectivity index (χ4n) is 5.09. The van der Waals surface area contributed by atoms with E-state index in [-0.39, 0.29) is 10.8 Å². The molecular weight excluding hydrogens is 336 g/mol. The van der Waals surface area contributed by atoms with Crippen LogP contribution in [0.15, 0.2) is 60.7 Å². The van der Waals surface area contributed by atoms with Crippen LogP contribution in [0.4, 0.5) is 0 Å². The summed E-state index contributed by atoms with van der Waals surface area (Å²) in [5.74, 6) is 0. The first-order valence-electron chi connectivity index (χ1n) is 10.3. The fourth-order valence-corrected chi connectivity index (χ4v) is 5.09. The molecule has 28 heavy (non-hydrogen) atoms. The second-order valence-corrected chi connectivity index (χ2v) is 10.3. The molecule has 0 nitrogen and oxygen atoms in total. The van der Waals surface area contributed by atoms with Crippen molar-refractivity contribution >= 4 is 43.1 Å². The Hall–Kier alpha value is -2.60. The highest BCUT2D eigenvalue weighted by Gasteiger charge is 2.29. The molecule has 0 unspecified atom stereocenters. The summed E-state index contributed by atoms with van der Waals surface area (Å²) in [6.07, 6.45) is 0. The molecule has 0 heterocycles. The summed E-state index contributed by atoms with van der Waals surface area (Å²) in [5, 5.41) is 11.1. The molecule has 0 amide bonds. The number of rotatable bonds is 0. The molecule has 5 aromatic rings. The molecule has 0 radical (unpaired) electrons. The molecule has 0 saturated carbocycles. The van der Waals surface area contributed by atoms with Crippen molar-refractivity contribution in [3.05, 3.63) is 71.8 Å². The maximum atomic E-state index is 2.46. The maximum absolute atomic E-state index is 2.46. The van der Waals surface area contributed by atoms with Gasteiger partial charge in [-0.15, -0.1) is 0 Å². The molecule has 0 aliphatic heterocycles. The van der Waals surface area contributed by atoms with Crippen LogP contribution in [0.5, 0.6) is 0 Å². The lowest BCUT2D eigenvalue weighted by Crippen LogP contribution is -2.22. The highest BCUT2D eigenvalue weighted by atomic mass is 14.3. The lowest BCUT2D eigenvalue weighted by molar-refractivity contribution is 0.535. The van der Waals surface area contributed by atoms with E-state index in [4.69, 9.17) is 0 Å². The summed E-state index contributed by atoms with van der Waals surface area (Å²) < 4.78 is 0. The Balaban J connectivity index is 2.23. The van der Waals surface area contributed by atoms with E-state index in [2.05, 4.69) is 102 Å². The molecule has 0 N–H and O–H groups in total. The number of hydrogen-bond acceptors (Lipinski definition) is 0. The Labute approximate surface area is 167 Å². The summed E-state index contributed by atoms with van der Waals surface area (Å²) >= 11 is 0. The van der Waals surface area contributed by atoms with Crippen LogP contribution in [0.1, 0.15) is 52.7 Å². The molecule has 0 heteroatoms. The highest BCUT2D eigenvalue weighted by Crippen LogP contribution is 2.47. The van der Waals surface area contributed by atoms with Gasteiger partial charge in [-0.1, -0.05) is 102 Å². The average molecular weight is 365 g/mol. The Bertz CT molecular complexity index is 1350. The van der Waals surface area contributed by atoms with Crippen molar-refractivity contribution < 1.29 is 0 Å². The third kappa shape index (κ3) is 2.30. The summed E-state index contributed by atoms with van der Waals surface area (Å²) in [6.45, 7) is 14.1. The molecule has 0 bridgehead atoms. The minimum absolute atomic E-state index is 0.0632. The van der Waals surface area contributed by atoms with Gasteiger partial charge in [-0.2, -0.15) is 0 Å². The van der Waals surface area contributed by atoms with Crippen molar-refractivity contribution in [3.63, 3.8) is 0 Å². The van der Waals surface area contributed by atoms with Gasteiger partial charge in [0.05, 0.1) is 0 Å². The van der Waals surface area contributed by atoms with Crippen molar-refractivity contribution in [1.82, 2.24) is 0 Å². The van der Waals surface area contributed by atoms with E-state index < -0.39 is 0 Å². The third-order valence-electron chi connectivity index (χ3n) is 6.19. The van der Waals surface area contributed by atoms with Crippen molar-refractivity contribution in [3.8, 4) is 0 Å². The van der Waals surface area contributed by atoms with Gasteiger partial charge in [-0.3, -0.25) is 0 Å². The van der Waals surface area contributed by atoms with Gasteiger partial charge in [-0.25, -0.2) is 0 Å². The van der Waals surface area contributed by atoms with Crippen LogP contribution in [0.2, 0.25) is 0 Å². The summed E-state index contributed by atoms with van der Waals surface area (Å²) in [7, 11) is 0. The highest BCUT2D eigenvalue weighted by molar-refractivity contribution is 6.33. The molecule has 0 saturated heterocycles. The van der Waals surface area contributed by atoms with Crippen LogP contribution >= 0.6 is 0 Å². The Morgan fingerprint density at radius 3 is 1.61 bits per heavy atom. The lowest BCUT2D eigenvalue weighted by Gasteiger charge is -2.33. The van der Waals surface area contributed by atoms with Crippen LogP contribution in [0, 0.1) is 0 Å². The van der Waals surface area contributed by atoms with E-state index in [1.807, 2.05) is 0 Å². The fraction of sp³-hybridized carbons (Fsp3) is 0.286. The summed E-state index contributed by atoms with van der Waals surface area (Å²) in [5.41, 5.74) is 3.12. The zero-order chi connectivity index (χ0) is 19.8. The minimum Gasteiger partial charge on any atom is -0.0610 e. The predicted octanol–water partition coefficient (Wildman–Crippen LogP) is 8.33. The van der Waals surface area contributed by atoms with Crippen molar-refractivity contribution in [2.24, 2.45) is 0 Å². The van der Waals surface area contributed by atoms with Gasteiger partial charge in [0.25, 0.3) is 0 Å². The molecule has 5 rings (SSSR count). The van der Waals surface area contributed by atoms with E-state index >= 15 is 0 Å². The van der Waals surface area contributed by atoms with E-state index in [1.54, 1.807) is 0 Å². The topological polar surface area (TPSA) is 0 Å². The molecule has 5 aromatic carbocycles. The van der Waals surface area contributed by atoms with Crippen LogP contribution in [-0.2, 0) is 10.8 Å². The molecule has 0 aromatic heterocycles. The molecule has 140 valence electrons. The number of fused-ring (bicyclic) bond motifs is 2. The van der Waals surface area contributed by atoms with Gasteiger partial charge in [0.2, 0.25) is 0 Å². The summed E-state index contributed by atoms with van der Waals surface area (Å²) in [6, 6.07) is 22.8.